The highest BCUT2D eigenvalue weighted by molar-refractivity contribution is 6.51. The van der Waals surface area contributed by atoms with E-state index in [0.29, 0.717) is 39.8 Å². The largest absolute Gasteiger partial charge is 0.507 e. The van der Waals surface area contributed by atoms with Gasteiger partial charge < -0.3 is 19.7 Å². The van der Waals surface area contributed by atoms with Crippen LogP contribution in [0.5, 0.6) is 17.2 Å². The minimum Gasteiger partial charge on any atom is -0.507 e. The zero-order valence-corrected chi connectivity index (χ0v) is 22.7. The number of anilines is 1. The summed E-state index contributed by atoms with van der Waals surface area (Å²) >= 11 is 6.16. The highest BCUT2D eigenvalue weighted by Crippen LogP contribution is 2.45. The molecule has 0 aliphatic carbocycles. The van der Waals surface area contributed by atoms with Crippen molar-refractivity contribution < 1.29 is 29.3 Å². The van der Waals surface area contributed by atoms with E-state index in [-0.39, 0.29) is 28.7 Å². The Kier molecular flexibility index (Phi) is 7.69. The van der Waals surface area contributed by atoms with E-state index in [1.165, 1.54) is 11.0 Å². The Hall–Kier alpha value is -3.97. The maximum Gasteiger partial charge on any atom is 0.300 e. The molecule has 7 nitrogen and oxygen atoms in total. The van der Waals surface area contributed by atoms with E-state index in [0.717, 1.165) is 5.56 Å². The van der Waals surface area contributed by atoms with Gasteiger partial charge in [-0.05, 0) is 85.0 Å². The van der Waals surface area contributed by atoms with Gasteiger partial charge in [-0.15, -0.1) is 0 Å². The van der Waals surface area contributed by atoms with Gasteiger partial charge in [0, 0.05) is 16.3 Å². The number of rotatable bonds is 7. The number of ketones is 1. The number of carbonyl (C=O) groups excluding carboxylic acids is 2. The van der Waals surface area contributed by atoms with Crippen LogP contribution in [0.1, 0.15) is 55.0 Å². The summed E-state index contributed by atoms with van der Waals surface area (Å²) in [6.07, 6.45) is 0. The fraction of sp³-hybridized carbons (Fsp3) is 0.267. The molecule has 1 amide bonds. The van der Waals surface area contributed by atoms with Crippen molar-refractivity contribution in [1.82, 2.24) is 0 Å². The highest BCUT2D eigenvalue weighted by Gasteiger charge is 2.47. The summed E-state index contributed by atoms with van der Waals surface area (Å²) in [7, 11) is 1.57. The van der Waals surface area contributed by atoms with Crippen molar-refractivity contribution >= 4 is 34.7 Å². The smallest absolute Gasteiger partial charge is 0.300 e. The van der Waals surface area contributed by atoms with Gasteiger partial charge in [-0.25, -0.2) is 0 Å². The molecule has 3 aromatic rings. The van der Waals surface area contributed by atoms with Crippen molar-refractivity contribution in [3.63, 3.8) is 0 Å². The second-order valence-electron chi connectivity index (χ2n) is 9.37. The summed E-state index contributed by atoms with van der Waals surface area (Å²) < 4.78 is 11.0. The van der Waals surface area contributed by atoms with Crippen LogP contribution in [0.3, 0.4) is 0 Å². The van der Waals surface area contributed by atoms with Crippen molar-refractivity contribution in [2.75, 3.05) is 18.6 Å². The number of halogens is 1. The number of hydrogen-bond acceptors (Lipinski definition) is 6. The molecule has 0 aromatic heterocycles. The SMILES string of the molecule is CCOc1cc(C2/C(=C(\O)c3ccc(OC)c(C(C)C)c3)C(=O)C(=O)N2c2ccc(Cl)cc2C)ccc1O. The molecule has 1 aliphatic heterocycles. The zero-order chi connectivity index (χ0) is 27.7. The Bertz CT molecular complexity index is 1440. The molecule has 198 valence electrons. The number of aliphatic hydroxyl groups is 1. The molecule has 1 fully saturated rings. The second kappa shape index (κ2) is 10.8. The van der Waals surface area contributed by atoms with Crippen LogP contribution in [0.2, 0.25) is 5.02 Å². The third-order valence-corrected chi connectivity index (χ3v) is 6.82. The molecule has 1 atom stereocenters. The zero-order valence-electron chi connectivity index (χ0n) is 21.9. The lowest BCUT2D eigenvalue weighted by atomic mass is 9.92. The number of carbonyl (C=O) groups is 2. The summed E-state index contributed by atoms with van der Waals surface area (Å²) in [4.78, 5) is 28.4. The van der Waals surface area contributed by atoms with Crippen LogP contribution in [-0.2, 0) is 9.59 Å². The molecule has 3 aromatic carbocycles. The summed E-state index contributed by atoms with van der Waals surface area (Å²) in [6.45, 7) is 7.87. The van der Waals surface area contributed by atoms with Crippen LogP contribution in [-0.4, -0.2) is 35.6 Å². The average molecular weight is 536 g/mol. The first-order chi connectivity index (χ1) is 18.1. The van der Waals surface area contributed by atoms with Crippen LogP contribution in [0.25, 0.3) is 5.76 Å². The molecule has 4 rings (SSSR count). The number of phenolic OH excluding ortho intramolecular Hbond substituents is 1. The molecule has 0 radical (unpaired) electrons. The molecule has 1 saturated heterocycles. The number of amides is 1. The fourth-order valence-electron chi connectivity index (χ4n) is 4.75. The lowest BCUT2D eigenvalue weighted by Gasteiger charge is -2.27. The maximum absolute atomic E-state index is 13.5. The van der Waals surface area contributed by atoms with Crippen molar-refractivity contribution in [3.05, 3.63) is 87.4 Å². The molecule has 1 heterocycles. The highest BCUT2D eigenvalue weighted by atomic mass is 35.5. The predicted molar refractivity (Wildman–Crippen MR) is 147 cm³/mol. The number of phenols is 1. The van der Waals surface area contributed by atoms with E-state index in [9.17, 15) is 19.8 Å². The monoisotopic (exact) mass is 535 g/mol. The van der Waals surface area contributed by atoms with Gasteiger partial charge in [-0.1, -0.05) is 31.5 Å². The molecule has 1 unspecified atom stereocenters. The Morgan fingerprint density at radius 1 is 1.05 bits per heavy atom. The molecular weight excluding hydrogens is 506 g/mol. The van der Waals surface area contributed by atoms with Crippen LogP contribution in [0.15, 0.2) is 60.2 Å². The van der Waals surface area contributed by atoms with E-state index >= 15 is 0 Å². The molecule has 8 heteroatoms. The summed E-state index contributed by atoms with van der Waals surface area (Å²) in [5.41, 5.74) is 2.80. The number of aliphatic hydroxyl groups excluding tert-OH is 1. The van der Waals surface area contributed by atoms with E-state index in [1.807, 2.05) is 13.8 Å². The van der Waals surface area contributed by atoms with Gasteiger partial charge in [0.25, 0.3) is 11.7 Å². The third kappa shape index (κ3) is 4.82. The van der Waals surface area contributed by atoms with Gasteiger partial charge in [-0.3, -0.25) is 14.5 Å². The normalized spacial score (nSPS) is 16.8. The summed E-state index contributed by atoms with van der Waals surface area (Å²) in [5.74, 6) is -1.05. The van der Waals surface area contributed by atoms with Crippen molar-refractivity contribution in [2.24, 2.45) is 0 Å². The number of methoxy groups -OCH3 is 1. The predicted octanol–water partition coefficient (Wildman–Crippen LogP) is 6.51. The Labute approximate surface area is 226 Å². The van der Waals surface area contributed by atoms with E-state index < -0.39 is 17.7 Å². The number of hydrogen-bond donors (Lipinski definition) is 2. The molecule has 0 spiro atoms. The first-order valence-corrected chi connectivity index (χ1v) is 12.7. The first-order valence-electron chi connectivity index (χ1n) is 12.3. The standard InChI is InChI=1S/C30H30ClNO6/c1-6-38-25-15-18(7-11-23(25)33)27-26(28(34)19-8-12-24(37-5)21(14-19)16(2)3)29(35)30(36)32(27)22-10-9-20(31)13-17(22)4/h7-16,27,33-34H,6H2,1-5H3/b28-26+. The van der Waals surface area contributed by atoms with Crippen LogP contribution in [0, 0.1) is 6.92 Å². The molecule has 2 N–H and O–H groups in total. The molecule has 1 aliphatic rings. The minimum atomic E-state index is -0.987. The Balaban J connectivity index is 1.99. The van der Waals surface area contributed by atoms with Gasteiger partial charge in [0.15, 0.2) is 11.5 Å². The molecule has 0 bridgehead atoms. The Morgan fingerprint density at radius 2 is 1.79 bits per heavy atom. The van der Waals surface area contributed by atoms with Crippen LogP contribution >= 0.6 is 11.6 Å². The summed E-state index contributed by atoms with van der Waals surface area (Å²) in [6, 6.07) is 13.8. The van der Waals surface area contributed by atoms with Crippen LogP contribution < -0.4 is 14.4 Å². The minimum absolute atomic E-state index is 0.0719. The number of ether oxygens (including phenoxy) is 2. The average Bonchev–Trinajstić information content (AvgIpc) is 3.14. The number of Topliss-reactive ketones (excluding diaryl/α,β-unsaturated/α-hetero) is 1. The van der Waals surface area contributed by atoms with Gasteiger partial charge in [-0.2, -0.15) is 0 Å². The van der Waals surface area contributed by atoms with Crippen LogP contribution in [0.4, 0.5) is 5.69 Å². The van der Waals surface area contributed by atoms with E-state index in [2.05, 4.69) is 0 Å². The lowest BCUT2D eigenvalue weighted by Crippen LogP contribution is -2.30. The molecule has 0 saturated carbocycles. The number of aromatic hydroxyl groups is 1. The van der Waals surface area contributed by atoms with Crippen molar-refractivity contribution in [3.8, 4) is 17.2 Å². The third-order valence-electron chi connectivity index (χ3n) is 6.59. The molecule has 38 heavy (non-hydrogen) atoms. The van der Waals surface area contributed by atoms with Crippen molar-refractivity contribution in [2.45, 2.75) is 39.7 Å². The number of benzene rings is 3. The van der Waals surface area contributed by atoms with Crippen molar-refractivity contribution in [1.29, 1.82) is 0 Å². The van der Waals surface area contributed by atoms with E-state index in [4.69, 9.17) is 21.1 Å². The van der Waals surface area contributed by atoms with E-state index in [1.54, 1.807) is 69.5 Å². The van der Waals surface area contributed by atoms with Gasteiger partial charge >= 0.3 is 0 Å². The number of nitrogens with zero attached hydrogens (tertiary/aromatic N) is 1. The van der Waals surface area contributed by atoms with Gasteiger partial charge in [0.05, 0.1) is 25.3 Å². The summed E-state index contributed by atoms with van der Waals surface area (Å²) in [5, 5.41) is 22.3. The maximum atomic E-state index is 13.5. The topological polar surface area (TPSA) is 96.3 Å². The van der Waals surface area contributed by atoms with Gasteiger partial charge in [0.2, 0.25) is 0 Å². The quantitative estimate of drug-likeness (QED) is 0.203. The lowest BCUT2D eigenvalue weighted by molar-refractivity contribution is -0.132. The fourth-order valence-corrected chi connectivity index (χ4v) is 4.97. The number of aryl methyl sites for hydroxylation is 1. The molecular formula is C30H30ClNO6. The Morgan fingerprint density at radius 3 is 2.42 bits per heavy atom. The second-order valence-corrected chi connectivity index (χ2v) is 9.81. The van der Waals surface area contributed by atoms with Gasteiger partial charge in [0.1, 0.15) is 11.5 Å². The first kappa shape index (κ1) is 27.1.